The molecule has 1 aromatic heterocycles. The molecular weight excluding hydrogens is 348 g/mol. The van der Waals surface area contributed by atoms with Gasteiger partial charge in [0.15, 0.2) is 0 Å². The van der Waals surface area contributed by atoms with E-state index < -0.39 is 17.7 Å². The van der Waals surface area contributed by atoms with Crippen LogP contribution in [-0.2, 0) is 6.54 Å². The predicted octanol–water partition coefficient (Wildman–Crippen LogP) is 5.00. The van der Waals surface area contributed by atoms with Crippen molar-refractivity contribution in [3.05, 3.63) is 82.7 Å². The van der Waals surface area contributed by atoms with Crippen molar-refractivity contribution >= 4 is 11.7 Å². The Morgan fingerprint density at radius 3 is 2.52 bits per heavy atom. The summed E-state index contributed by atoms with van der Waals surface area (Å²) >= 11 is 0. The van der Waals surface area contributed by atoms with Gasteiger partial charge in [-0.3, -0.25) is 0 Å². The number of aromatic nitrogens is 1. The third-order valence-electron chi connectivity index (χ3n) is 4.41. The molecule has 0 unspecified atom stereocenters. The van der Waals surface area contributed by atoms with Crippen LogP contribution >= 0.6 is 0 Å². The van der Waals surface area contributed by atoms with Gasteiger partial charge in [-0.15, -0.1) is 0 Å². The molecule has 0 spiro atoms. The first-order chi connectivity index (χ1) is 12.8. The summed E-state index contributed by atoms with van der Waals surface area (Å²) in [5.41, 5.74) is 5.20. The lowest BCUT2D eigenvalue weighted by atomic mass is 10.2. The molecule has 0 atom stereocenters. The van der Waals surface area contributed by atoms with E-state index >= 15 is 0 Å². The third-order valence-corrected chi connectivity index (χ3v) is 4.41. The van der Waals surface area contributed by atoms with Crippen molar-refractivity contribution in [1.29, 1.82) is 0 Å². The van der Waals surface area contributed by atoms with Crippen LogP contribution in [-0.4, -0.2) is 10.6 Å². The van der Waals surface area contributed by atoms with Crippen LogP contribution < -0.4 is 10.6 Å². The van der Waals surface area contributed by atoms with Crippen molar-refractivity contribution < 1.29 is 13.6 Å². The number of amides is 2. The highest BCUT2D eigenvalue weighted by Gasteiger charge is 2.13. The maximum Gasteiger partial charge on any atom is 0.319 e. The van der Waals surface area contributed by atoms with Crippen molar-refractivity contribution in [2.24, 2.45) is 0 Å². The molecule has 1 heterocycles. The molecule has 2 amide bonds. The van der Waals surface area contributed by atoms with Crippen molar-refractivity contribution in [2.45, 2.75) is 27.3 Å². The largest absolute Gasteiger partial charge is 0.334 e. The normalized spacial score (nSPS) is 10.7. The lowest BCUT2D eigenvalue weighted by molar-refractivity contribution is 0.251. The number of anilines is 1. The predicted molar refractivity (Wildman–Crippen MR) is 102 cm³/mol. The van der Waals surface area contributed by atoms with E-state index in [0.717, 1.165) is 34.8 Å². The molecule has 0 radical (unpaired) electrons. The molecule has 3 aromatic rings. The lowest BCUT2D eigenvalue weighted by Gasteiger charge is -2.11. The Balaban J connectivity index is 1.71. The Morgan fingerprint density at radius 1 is 1.04 bits per heavy atom. The van der Waals surface area contributed by atoms with E-state index in [0.29, 0.717) is 6.54 Å². The molecule has 27 heavy (non-hydrogen) atoms. The third kappa shape index (κ3) is 4.16. The molecule has 0 aliphatic carbocycles. The first kappa shape index (κ1) is 18.6. The van der Waals surface area contributed by atoms with Crippen LogP contribution in [0.2, 0.25) is 0 Å². The van der Waals surface area contributed by atoms with E-state index in [4.69, 9.17) is 0 Å². The van der Waals surface area contributed by atoms with Crippen LogP contribution in [0, 0.1) is 32.4 Å². The molecule has 0 fully saturated rings. The van der Waals surface area contributed by atoms with Crippen molar-refractivity contribution in [3.63, 3.8) is 0 Å². The summed E-state index contributed by atoms with van der Waals surface area (Å²) in [6.45, 7) is 6.33. The molecule has 3 rings (SSSR count). The smallest absolute Gasteiger partial charge is 0.319 e. The monoisotopic (exact) mass is 369 g/mol. The number of aryl methyl sites for hydroxylation is 2. The van der Waals surface area contributed by atoms with Gasteiger partial charge in [-0.05, 0) is 62.2 Å². The molecule has 140 valence electrons. The topological polar surface area (TPSA) is 46.1 Å². The van der Waals surface area contributed by atoms with Crippen LogP contribution in [0.15, 0.2) is 48.5 Å². The van der Waals surface area contributed by atoms with Gasteiger partial charge < -0.3 is 15.2 Å². The number of hydrogen-bond acceptors (Lipinski definition) is 1. The van der Waals surface area contributed by atoms with E-state index in [2.05, 4.69) is 21.3 Å². The van der Waals surface area contributed by atoms with Crippen molar-refractivity contribution in [1.82, 2.24) is 9.88 Å². The fourth-order valence-corrected chi connectivity index (χ4v) is 3.11. The number of benzene rings is 2. The summed E-state index contributed by atoms with van der Waals surface area (Å²) in [6.07, 6.45) is 0. The van der Waals surface area contributed by atoms with E-state index in [1.165, 1.54) is 11.6 Å². The number of hydrogen-bond donors (Lipinski definition) is 2. The zero-order chi connectivity index (χ0) is 19.6. The minimum Gasteiger partial charge on any atom is -0.334 e. The summed E-state index contributed by atoms with van der Waals surface area (Å²) in [4.78, 5) is 12.1. The number of nitrogens with zero attached hydrogens (tertiary/aromatic N) is 1. The average Bonchev–Trinajstić information content (AvgIpc) is 2.89. The maximum absolute atomic E-state index is 13.6. The Bertz CT molecular complexity index is 995. The van der Waals surface area contributed by atoms with Gasteiger partial charge in [0.2, 0.25) is 0 Å². The number of halogens is 2. The van der Waals surface area contributed by atoms with Gasteiger partial charge in [0.05, 0.1) is 5.69 Å². The van der Waals surface area contributed by atoms with Crippen molar-refractivity contribution in [3.8, 4) is 5.69 Å². The maximum atomic E-state index is 13.6. The summed E-state index contributed by atoms with van der Waals surface area (Å²) in [5, 5.41) is 5.10. The molecule has 2 N–H and O–H groups in total. The highest BCUT2D eigenvalue weighted by molar-refractivity contribution is 5.89. The Hall–Kier alpha value is -3.15. The molecule has 2 aromatic carbocycles. The van der Waals surface area contributed by atoms with Crippen molar-refractivity contribution in [2.75, 3.05) is 5.32 Å². The first-order valence-corrected chi connectivity index (χ1v) is 8.60. The van der Waals surface area contributed by atoms with Gasteiger partial charge in [-0.2, -0.15) is 0 Å². The molecule has 4 nitrogen and oxygen atoms in total. The van der Waals surface area contributed by atoms with Gasteiger partial charge in [0, 0.05) is 29.7 Å². The minimum atomic E-state index is -0.817. The Labute approximate surface area is 156 Å². The molecular formula is C21H21F2N3O. The van der Waals surface area contributed by atoms with Gasteiger partial charge in [-0.25, -0.2) is 13.6 Å². The van der Waals surface area contributed by atoms with Gasteiger partial charge in [-0.1, -0.05) is 12.1 Å². The SMILES string of the molecule is Cc1cccc(-n2c(C)cc(CNC(=O)Nc3ccc(F)cc3F)c2C)c1. The molecule has 6 heteroatoms. The lowest BCUT2D eigenvalue weighted by Crippen LogP contribution is -2.28. The van der Waals surface area contributed by atoms with Crippen LogP contribution in [0.1, 0.15) is 22.5 Å². The minimum absolute atomic E-state index is 0.0702. The van der Waals surface area contributed by atoms with Crippen LogP contribution in [0.3, 0.4) is 0 Å². The number of carbonyl (C=O) groups is 1. The fourth-order valence-electron chi connectivity index (χ4n) is 3.11. The van der Waals surface area contributed by atoms with E-state index in [1.807, 2.05) is 45.0 Å². The quantitative estimate of drug-likeness (QED) is 0.668. The van der Waals surface area contributed by atoms with Crippen LogP contribution in [0.5, 0.6) is 0 Å². The molecule has 0 saturated carbocycles. The second kappa shape index (κ2) is 7.61. The fraction of sp³-hybridized carbons (Fsp3) is 0.190. The Morgan fingerprint density at radius 2 is 1.81 bits per heavy atom. The van der Waals surface area contributed by atoms with Gasteiger partial charge >= 0.3 is 6.03 Å². The van der Waals surface area contributed by atoms with E-state index in [9.17, 15) is 13.6 Å². The first-order valence-electron chi connectivity index (χ1n) is 8.60. The number of carbonyl (C=O) groups excluding carboxylic acids is 1. The molecule has 0 aliphatic heterocycles. The Kier molecular flexibility index (Phi) is 5.26. The van der Waals surface area contributed by atoms with Crippen LogP contribution in [0.25, 0.3) is 5.69 Å². The number of nitrogens with one attached hydrogen (secondary N) is 2. The summed E-state index contributed by atoms with van der Waals surface area (Å²) in [5.74, 6) is -1.51. The van der Waals surface area contributed by atoms with Gasteiger partial charge in [0.25, 0.3) is 0 Å². The highest BCUT2D eigenvalue weighted by atomic mass is 19.1. The van der Waals surface area contributed by atoms with E-state index in [-0.39, 0.29) is 5.69 Å². The molecule has 0 aliphatic rings. The standard InChI is InChI=1S/C21H21F2N3O/c1-13-5-4-6-18(9-13)26-14(2)10-16(15(26)3)12-24-21(27)25-20-8-7-17(22)11-19(20)23/h4-11H,12H2,1-3H3,(H2,24,25,27). The molecule has 0 saturated heterocycles. The summed E-state index contributed by atoms with van der Waals surface area (Å²) in [7, 11) is 0. The highest BCUT2D eigenvalue weighted by Crippen LogP contribution is 2.21. The van der Waals surface area contributed by atoms with Gasteiger partial charge in [0.1, 0.15) is 11.6 Å². The summed E-state index contributed by atoms with van der Waals surface area (Å²) in [6, 6.07) is 12.6. The summed E-state index contributed by atoms with van der Waals surface area (Å²) < 4.78 is 28.7. The number of rotatable bonds is 4. The number of urea groups is 1. The van der Waals surface area contributed by atoms with E-state index in [1.54, 1.807) is 0 Å². The second-order valence-electron chi connectivity index (χ2n) is 6.50. The zero-order valence-electron chi connectivity index (χ0n) is 15.4. The molecule has 0 bridgehead atoms. The average molecular weight is 369 g/mol. The second-order valence-corrected chi connectivity index (χ2v) is 6.50. The van der Waals surface area contributed by atoms with Crippen LogP contribution in [0.4, 0.5) is 19.3 Å². The zero-order valence-corrected chi connectivity index (χ0v) is 15.4.